The predicted molar refractivity (Wildman–Crippen MR) is 76.6 cm³/mol. The van der Waals surface area contributed by atoms with E-state index in [0.717, 1.165) is 11.3 Å². The highest BCUT2D eigenvalue weighted by atomic mass is 127. The molecule has 0 aliphatic carbocycles. The molecule has 0 atom stereocenters. The van der Waals surface area contributed by atoms with Gasteiger partial charge in [-0.3, -0.25) is 0 Å². The second kappa shape index (κ2) is 6.70. The molecule has 0 fully saturated rings. The minimum atomic E-state index is 0. The highest BCUT2D eigenvalue weighted by Gasteiger charge is 2.08. The number of ether oxygens (including phenoxy) is 1. The molecule has 2 heterocycles. The summed E-state index contributed by atoms with van der Waals surface area (Å²) >= 11 is 0. The minimum Gasteiger partial charge on any atom is -1.00 e. The molecule has 1 aromatic heterocycles. The lowest BCUT2D eigenvalue weighted by atomic mass is 10.1. The Hall–Kier alpha value is -1.62. The Morgan fingerprint density at radius 3 is 2.70 bits per heavy atom. The van der Waals surface area contributed by atoms with Gasteiger partial charge in [0.25, 0.3) is 0 Å². The first-order valence-corrected chi connectivity index (χ1v) is 6.38. The van der Waals surface area contributed by atoms with Crippen LogP contribution in [0.5, 0.6) is 5.75 Å². The first-order valence-electron chi connectivity index (χ1n) is 6.38. The monoisotopic (exact) mass is 377 g/mol. The highest BCUT2D eigenvalue weighted by molar-refractivity contribution is 5.66. The van der Waals surface area contributed by atoms with Gasteiger partial charge in [-0.2, -0.15) is 0 Å². The van der Waals surface area contributed by atoms with Gasteiger partial charge in [-0.15, -0.1) is 0 Å². The number of nitrogens with zero attached hydrogens (tertiary/aromatic N) is 1. The number of rotatable bonds is 2. The van der Waals surface area contributed by atoms with E-state index in [1.807, 2.05) is 43.6 Å². The molecule has 0 N–H and O–H groups in total. The average molecular weight is 377 g/mol. The molecule has 20 heavy (non-hydrogen) atoms. The Bertz CT molecular complexity index is 662. The van der Waals surface area contributed by atoms with Crippen LogP contribution in [0.15, 0.2) is 60.3 Å². The summed E-state index contributed by atoms with van der Waals surface area (Å²) in [5, 5.41) is 0. The number of hydrogen-bond acceptors (Lipinski definition) is 1. The van der Waals surface area contributed by atoms with Gasteiger partial charge in [0, 0.05) is 23.8 Å². The second-order valence-electron chi connectivity index (χ2n) is 4.62. The van der Waals surface area contributed by atoms with E-state index in [9.17, 15) is 0 Å². The lowest BCUT2D eigenvalue weighted by Gasteiger charge is -2.15. The van der Waals surface area contributed by atoms with Crippen molar-refractivity contribution in [3.63, 3.8) is 0 Å². The normalized spacial score (nSPS) is 13.2. The summed E-state index contributed by atoms with van der Waals surface area (Å²) in [6.45, 7) is 0.629. The molecule has 1 aliphatic heterocycles. The number of pyridine rings is 1. The van der Waals surface area contributed by atoms with Crippen LogP contribution in [-0.4, -0.2) is 6.61 Å². The number of halogens is 1. The van der Waals surface area contributed by atoms with Crippen molar-refractivity contribution < 1.29 is 33.3 Å². The van der Waals surface area contributed by atoms with Crippen LogP contribution in [0.2, 0.25) is 0 Å². The van der Waals surface area contributed by atoms with Gasteiger partial charge in [0.15, 0.2) is 6.20 Å². The van der Waals surface area contributed by atoms with Crippen LogP contribution in [-0.2, 0) is 7.05 Å². The summed E-state index contributed by atoms with van der Waals surface area (Å²) in [6, 6.07) is 14.3. The van der Waals surface area contributed by atoms with Gasteiger partial charge in [0.1, 0.15) is 19.4 Å². The van der Waals surface area contributed by atoms with E-state index in [4.69, 9.17) is 4.74 Å². The summed E-state index contributed by atoms with van der Waals surface area (Å²) in [7, 11) is 2.04. The maximum atomic E-state index is 5.73. The zero-order valence-corrected chi connectivity index (χ0v) is 13.4. The van der Waals surface area contributed by atoms with E-state index >= 15 is 0 Å². The lowest BCUT2D eigenvalue weighted by Crippen LogP contribution is -3.00. The fourth-order valence-electron chi connectivity index (χ4n) is 2.13. The fraction of sp³-hybridized carbons (Fsp3) is 0.118. The molecular formula is C17H16INO. The Balaban J connectivity index is 0.00000147. The fourth-order valence-corrected chi connectivity index (χ4v) is 2.13. The quantitative estimate of drug-likeness (QED) is 0.531. The van der Waals surface area contributed by atoms with Crippen LogP contribution in [0.4, 0.5) is 0 Å². The van der Waals surface area contributed by atoms with Crippen LogP contribution in [0.1, 0.15) is 11.3 Å². The van der Waals surface area contributed by atoms with Crippen molar-refractivity contribution in [1.29, 1.82) is 0 Å². The van der Waals surface area contributed by atoms with E-state index in [-0.39, 0.29) is 24.0 Å². The van der Waals surface area contributed by atoms with Gasteiger partial charge < -0.3 is 28.7 Å². The largest absolute Gasteiger partial charge is 1.00 e. The maximum Gasteiger partial charge on any atom is 0.204 e. The molecule has 0 radical (unpaired) electrons. The molecule has 3 heteroatoms. The number of aromatic nitrogens is 1. The molecule has 2 aromatic rings. The van der Waals surface area contributed by atoms with Crippen LogP contribution < -0.4 is 33.3 Å². The zero-order valence-electron chi connectivity index (χ0n) is 11.3. The standard InChI is InChI=1S/C17H16NO.HI/c1-18-11-5-4-7-16(18)10-9-14-12-15-6-2-3-8-17(15)19-13-14;/h2-12H,13H2,1H3;1H/q+1;/p-1/b10-9+;. The first kappa shape index (κ1) is 14.8. The van der Waals surface area contributed by atoms with Crippen molar-refractivity contribution >= 4 is 12.2 Å². The van der Waals surface area contributed by atoms with Gasteiger partial charge in [0.2, 0.25) is 5.69 Å². The third kappa shape index (κ3) is 3.28. The maximum absolute atomic E-state index is 5.73. The van der Waals surface area contributed by atoms with Crippen molar-refractivity contribution in [3.05, 3.63) is 71.6 Å². The van der Waals surface area contributed by atoms with E-state index < -0.39 is 0 Å². The van der Waals surface area contributed by atoms with Gasteiger partial charge in [-0.25, -0.2) is 4.57 Å². The second-order valence-corrected chi connectivity index (χ2v) is 4.62. The summed E-state index contributed by atoms with van der Waals surface area (Å²) in [5.74, 6) is 0.963. The number of benzene rings is 1. The molecule has 1 aliphatic rings. The number of hydrogen-bond donors (Lipinski definition) is 0. The molecule has 0 spiro atoms. The molecule has 0 amide bonds. The Morgan fingerprint density at radius 1 is 1.05 bits per heavy atom. The molecule has 0 unspecified atom stereocenters. The van der Waals surface area contributed by atoms with E-state index in [1.54, 1.807) is 0 Å². The Kier molecular flexibility index (Phi) is 4.95. The summed E-state index contributed by atoms with van der Waals surface area (Å²) in [5.41, 5.74) is 3.50. The van der Waals surface area contributed by atoms with E-state index in [0.29, 0.717) is 6.61 Å². The average Bonchev–Trinajstić information content (AvgIpc) is 2.46. The van der Waals surface area contributed by atoms with Gasteiger partial charge in [-0.05, 0) is 29.9 Å². The Labute approximate surface area is 136 Å². The van der Waals surface area contributed by atoms with E-state index in [2.05, 4.69) is 34.9 Å². The van der Waals surface area contributed by atoms with Crippen molar-refractivity contribution in [2.75, 3.05) is 6.61 Å². The minimum absolute atomic E-state index is 0. The third-order valence-corrected chi connectivity index (χ3v) is 3.22. The summed E-state index contributed by atoms with van der Waals surface area (Å²) < 4.78 is 7.82. The van der Waals surface area contributed by atoms with Crippen molar-refractivity contribution in [3.8, 4) is 5.75 Å². The molecule has 2 nitrogen and oxygen atoms in total. The smallest absolute Gasteiger partial charge is 0.204 e. The Morgan fingerprint density at radius 2 is 1.85 bits per heavy atom. The summed E-state index contributed by atoms with van der Waals surface area (Å²) in [6.07, 6.45) is 8.45. The van der Waals surface area contributed by atoms with Crippen LogP contribution in [0.25, 0.3) is 12.2 Å². The first-order chi connectivity index (χ1) is 9.33. The van der Waals surface area contributed by atoms with Crippen molar-refractivity contribution in [1.82, 2.24) is 0 Å². The molecule has 3 rings (SSSR count). The van der Waals surface area contributed by atoms with E-state index in [1.165, 1.54) is 11.3 Å². The van der Waals surface area contributed by atoms with Crippen molar-refractivity contribution in [2.45, 2.75) is 0 Å². The molecule has 0 saturated heterocycles. The SMILES string of the molecule is C[n+]1ccccc1/C=C/C1=Cc2ccccc2OC1.[I-]. The van der Waals surface area contributed by atoms with Crippen LogP contribution in [0.3, 0.4) is 0 Å². The van der Waals surface area contributed by atoms with Gasteiger partial charge in [-0.1, -0.05) is 18.2 Å². The van der Waals surface area contributed by atoms with Crippen molar-refractivity contribution in [2.24, 2.45) is 7.05 Å². The predicted octanol–water partition coefficient (Wildman–Crippen LogP) is 0.00430. The number of para-hydroxylation sites is 1. The number of aryl methyl sites for hydroxylation is 1. The highest BCUT2D eigenvalue weighted by Crippen LogP contribution is 2.26. The van der Waals surface area contributed by atoms with Crippen LogP contribution in [0, 0.1) is 0 Å². The zero-order chi connectivity index (χ0) is 13.1. The molecule has 1 aromatic carbocycles. The van der Waals surface area contributed by atoms with Gasteiger partial charge >= 0.3 is 0 Å². The van der Waals surface area contributed by atoms with Crippen LogP contribution >= 0.6 is 0 Å². The van der Waals surface area contributed by atoms with Gasteiger partial charge in [0.05, 0.1) is 0 Å². The molecule has 0 saturated carbocycles. The lowest BCUT2D eigenvalue weighted by molar-refractivity contribution is -0.673. The third-order valence-electron chi connectivity index (χ3n) is 3.22. The number of fused-ring (bicyclic) bond motifs is 1. The molecule has 0 bridgehead atoms. The molecular weight excluding hydrogens is 361 g/mol. The summed E-state index contributed by atoms with van der Waals surface area (Å²) in [4.78, 5) is 0. The molecule has 102 valence electrons. The topological polar surface area (TPSA) is 13.1 Å².